The van der Waals surface area contributed by atoms with E-state index in [4.69, 9.17) is 10.3 Å². The zero-order chi connectivity index (χ0) is 12.7. The van der Waals surface area contributed by atoms with Crippen LogP contribution >= 0.6 is 0 Å². The standard InChI is InChI=1S/C13H14FN3O/c1-7-6-9(4-5-10(7)14)11(15)12-16-13(18-17-12)8-2-3-8/h4-6,8,11H,2-3,15H2,1H3. The van der Waals surface area contributed by atoms with Crippen molar-refractivity contribution in [2.24, 2.45) is 5.73 Å². The fraction of sp³-hybridized carbons (Fsp3) is 0.385. The van der Waals surface area contributed by atoms with E-state index in [0.29, 0.717) is 23.2 Å². The van der Waals surface area contributed by atoms with Gasteiger partial charge in [0.25, 0.3) is 0 Å². The van der Waals surface area contributed by atoms with Crippen LogP contribution in [0.15, 0.2) is 22.7 Å². The van der Waals surface area contributed by atoms with Crippen LogP contribution in [0.1, 0.15) is 47.6 Å². The minimum atomic E-state index is -0.472. The molecular weight excluding hydrogens is 233 g/mol. The van der Waals surface area contributed by atoms with Gasteiger partial charge in [-0.1, -0.05) is 17.3 Å². The molecule has 1 saturated carbocycles. The topological polar surface area (TPSA) is 64.9 Å². The third kappa shape index (κ3) is 2.01. The van der Waals surface area contributed by atoms with Crippen LogP contribution in [0.5, 0.6) is 0 Å². The van der Waals surface area contributed by atoms with Gasteiger partial charge < -0.3 is 10.3 Å². The van der Waals surface area contributed by atoms with E-state index in [1.165, 1.54) is 6.07 Å². The van der Waals surface area contributed by atoms with Gasteiger partial charge in [0.1, 0.15) is 5.82 Å². The molecule has 2 N–H and O–H groups in total. The Kier molecular flexibility index (Phi) is 2.63. The minimum absolute atomic E-state index is 0.238. The molecule has 1 unspecified atom stereocenters. The van der Waals surface area contributed by atoms with Crippen LogP contribution in [0.2, 0.25) is 0 Å². The summed E-state index contributed by atoms with van der Waals surface area (Å²) >= 11 is 0. The van der Waals surface area contributed by atoms with Gasteiger partial charge in [0.15, 0.2) is 5.82 Å². The highest BCUT2D eigenvalue weighted by Gasteiger charge is 2.30. The minimum Gasteiger partial charge on any atom is -0.339 e. The number of aromatic nitrogens is 2. The van der Waals surface area contributed by atoms with E-state index < -0.39 is 6.04 Å². The van der Waals surface area contributed by atoms with Crippen molar-refractivity contribution in [1.82, 2.24) is 10.1 Å². The lowest BCUT2D eigenvalue weighted by Gasteiger charge is -2.08. The fourth-order valence-electron chi connectivity index (χ4n) is 1.88. The van der Waals surface area contributed by atoms with E-state index in [1.54, 1.807) is 19.1 Å². The molecule has 0 radical (unpaired) electrons. The summed E-state index contributed by atoms with van der Waals surface area (Å²) in [5.41, 5.74) is 7.41. The number of aryl methyl sites for hydroxylation is 1. The Bertz CT molecular complexity index is 577. The number of nitrogens with zero attached hydrogens (tertiary/aromatic N) is 2. The normalized spacial score (nSPS) is 16.8. The Morgan fingerprint density at radius 1 is 1.44 bits per heavy atom. The lowest BCUT2D eigenvalue weighted by atomic mass is 10.0. The van der Waals surface area contributed by atoms with Crippen LogP contribution < -0.4 is 5.73 Å². The molecule has 2 aromatic rings. The average Bonchev–Trinajstić information content (AvgIpc) is 3.10. The lowest BCUT2D eigenvalue weighted by Crippen LogP contribution is -2.14. The maximum absolute atomic E-state index is 13.2. The Morgan fingerprint density at radius 2 is 2.22 bits per heavy atom. The second kappa shape index (κ2) is 4.17. The number of rotatable bonds is 3. The predicted octanol–water partition coefficient (Wildman–Crippen LogP) is 2.44. The molecule has 1 aromatic carbocycles. The highest BCUT2D eigenvalue weighted by molar-refractivity contribution is 5.29. The maximum atomic E-state index is 13.2. The number of hydrogen-bond donors (Lipinski definition) is 1. The summed E-state index contributed by atoms with van der Waals surface area (Å²) in [6, 6.07) is 4.31. The SMILES string of the molecule is Cc1cc(C(N)c2noc(C3CC3)n2)ccc1F. The molecular formula is C13H14FN3O. The van der Waals surface area contributed by atoms with Crippen molar-refractivity contribution in [3.63, 3.8) is 0 Å². The van der Waals surface area contributed by atoms with Gasteiger partial charge in [0.2, 0.25) is 5.89 Å². The fourth-order valence-corrected chi connectivity index (χ4v) is 1.88. The molecule has 4 nitrogen and oxygen atoms in total. The lowest BCUT2D eigenvalue weighted by molar-refractivity contribution is 0.372. The van der Waals surface area contributed by atoms with Gasteiger partial charge in [-0.05, 0) is 37.0 Å². The molecule has 94 valence electrons. The van der Waals surface area contributed by atoms with Crippen molar-refractivity contribution in [3.8, 4) is 0 Å². The molecule has 0 bridgehead atoms. The van der Waals surface area contributed by atoms with Crippen LogP contribution in [0.4, 0.5) is 4.39 Å². The first-order chi connectivity index (χ1) is 8.65. The smallest absolute Gasteiger partial charge is 0.229 e. The summed E-state index contributed by atoms with van der Waals surface area (Å²) in [4.78, 5) is 4.30. The van der Waals surface area contributed by atoms with E-state index in [1.807, 2.05) is 0 Å². The summed E-state index contributed by atoms with van der Waals surface area (Å²) in [7, 11) is 0. The van der Waals surface area contributed by atoms with Crippen molar-refractivity contribution < 1.29 is 8.91 Å². The Morgan fingerprint density at radius 3 is 2.89 bits per heavy atom. The summed E-state index contributed by atoms with van der Waals surface area (Å²) in [6.45, 7) is 1.71. The monoisotopic (exact) mass is 247 g/mol. The third-order valence-corrected chi connectivity index (χ3v) is 3.20. The van der Waals surface area contributed by atoms with E-state index in [9.17, 15) is 4.39 Å². The van der Waals surface area contributed by atoms with Gasteiger partial charge in [-0.15, -0.1) is 0 Å². The van der Waals surface area contributed by atoms with E-state index in [0.717, 1.165) is 18.4 Å². The van der Waals surface area contributed by atoms with Gasteiger partial charge in [-0.3, -0.25) is 0 Å². The third-order valence-electron chi connectivity index (χ3n) is 3.20. The van der Waals surface area contributed by atoms with Crippen molar-refractivity contribution in [2.45, 2.75) is 31.7 Å². The van der Waals surface area contributed by atoms with Crippen LogP contribution in [-0.4, -0.2) is 10.1 Å². The highest BCUT2D eigenvalue weighted by Crippen LogP contribution is 2.39. The highest BCUT2D eigenvalue weighted by atomic mass is 19.1. The van der Waals surface area contributed by atoms with Crippen molar-refractivity contribution in [1.29, 1.82) is 0 Å². The van der Waals surface area contributed by atoms with Crippen LogP contribution in [0.3, 0.4) is 0 Å². The van der Waals surface area contributed by atoms with E-state index >= 15 is 0 Å². The van der Waals surface area contributed by atoms with Gasteiger partial charge in [-0.25, -0.2) is 4.39 Å². The van der Waals surface area contributed by atoms with Crippen LogP contribution in [0, 0.1) is 12.7 Å². The maximum Gasteiger partial charge on any atom is 0.229 e. The molecule has 1 fully saturated rings. The molecule has 1 heterocycles. The Balaban J connectivity index is 1.87. The first kappa shape index (κ1) is 11.3. The van der Waals surface area contributed by atoms with Crippen molar-refractivity contribution in [3.05, 3.63) is 46.9 Å². The van der Waals surface area contributed by atoms with Gasteiger partial charge >= 0.3 is 0 Å². The number of halogens is 1. The van der Waals surface area contributed by atoms with Gasteiger partial charge in [0.05, 0.1) is 6.04 Å². The summed E-state index contributed by atoms with van der Waals surface area (Å²) in [6.07, 6.45) is 2.21. The average molecular weight is 247 g/mol. The van der Waals surface area contributed by atoms with Crippen molar-refractivity contribution in [2.75, 3.05) is 0 Å². The zero-order valence-electron chi connectivity index (χ0n) is 10.1. The molecule has 1 aliphatic rings. The molecule has 0 saturated heterocycles. The molecule has 1 aromatic heterocycles. The first-order valence-corrected chi connectivity index (χ1v) is 6.00. The largest absolute Gasteiger partial charge is 0.339 e. The van der Waals surface area contributed by atoms with Gasteiger partial charge in [-0.2, -0.15) is 4.98 Å². The molecule has 18 heavy (non-hydrogen) atoms. The Hall–Kier alpha value is -1.75. The van der Waals surface area contributed by atoms with Crippen LogP contribution in [-0.2, 0) is 0 Å². The molecule has 0 amide bonds. The Labute approximate surface area is 104 Å². The van der Waals surface area contributed by atoms with Gasteiger partial charge in [0, 0.05) is 5.92 Å². The summed E-state index contributed by atoms with van der Waals surface area (Å²) in [5, 5.41) is 3.90. The van der Waals surface area contributed by atoms with E-state index in [-0.39, 0.29) is 5.82 Å². The molecule has 0 spiro atoms. The van der Waals surface area contributed by atoms with E-state index in [2.05, 4.69) is 10.1 Å². The molecule has 1 atom stereocenters. The predicted molar refractivity (Wildman–Crippen MR) is 63.4 cm³/mol. The first-order valence-electron chi connectivity index (χ1n) is 6.00. The van der Waals surface area contributed by atoms with Crippen molar-refractivity contribution >= 4 is 0 Å². The summed E-state index contributed by atoms with van der Waals surface area (Å²) in [5.74, 6) is 1.30. The number of nitrogens with two attached hydrogens (primary N) is 1. The molecule has 1 aliphatic carbocycles. The zero-order valence-corrected chi connectivity index (χ0v) is 10.1. The number of hydrogen-bond acceptors (Lipinski definition) is 4. The van der Waals surface area contributed by atoms with Crippen LogP contribution in [0.25, 0.3) is 0 Å². The second-order valence-corrected chi connectivity index (χ2v) is 4.75. The number of benzene rings is 1. The molecule has 5 heteroatoms. The second-order valence-electron chi connectivity index (χ2n) is 4.75. The molecule has 3 rings (SSSR count). The quantitative estimate of drug-likeness (QED) is 0.904. The molecule has 0 aliphatic heterocycles. The summed E-state index contributed by atoms with van der Waals surface area (Å²) < 4.78 is 18.4.